The van der Waals surface area contributed by atoms with E-state index < -0.39 is 42.0 Å². The van der Waals surface area contributed by atoms with E-state index in [1.54, 1.807) is 24.3 Å². The summed E-state index contributed by atoms with van der Waals surface area (Å²) in [5.41, 5.74) is 2.71. The van der Waals surface area contributed by atoms with E-state index in [-0.39, 0.29) is 18.9 Å². The molecular formula is C39H39F6N3O3. The van der Waals surface area contributed by atoms with Crippen LogP contribution in [0.3, 0.4) is 0 Å². The first-order valence-electron chi connectivity index (χ1n) is 16.8. The van der Waals surface area contributed by atoms with Crippen molar-refractivity contribution >= 4 is 11.8 Å². The first kappa shape index (κ1) is 37.6. The van der Waals surface area contributed by atoms with Crippen molar-refractivity contribution in [3.63, 3.8) is 0 Å². The van der Waals surface area contributed by atoms with Crippen molar-refractivity contribution in [3.8, 4) is 22.3 Å². The summed E-state index contributed by atoms with van der Waals surface area (Å²) in [5, 5.41) is 19.3. The number of nitrogens with one attached hydrogen (secondary N) is 3. The molecule has 0 spiro atoms. The molecule has 6 nitrogen and oxygen atoms in total. The van der Waals surface area contributed by atoms with Crippen LogP contribution < -0.4 is 16.0 Å². The maximum atomic E-state index is 13.1. The van der Waals surface area contributed by atoms with Gasteiger partial charge in [-0.3, -0.25) is 14.9 Å². The number of amides is 2. The summed E-state index contributed by atoms with van der Waals surface area (Å²) < 4.78 is 78.3. The Balaban J connectivity index is 1.08. The average molecular weight is 712 g/mol. The molecule has 0 aliphatic heterocycles. The van der Waals surface area contributed by atoms with Gasteiger partial charge in [0.1, 0.15) is 6.23 Å². The largest absolute Gasteiger partial charge is 0.416 e. The fourth-order valence-corrected chi connectivity index (χ4v) is 6.79. The number of rotatable bonds is 15. The van der Waals surface area contributed by atoms with Gasteiger partial charge in [-0.1, -0.05) is 91.7 Å². The number of carbonyl (C=O) groups is 2. The number of unbranched alkanes of at least 4 members (excludes halogenated alkanes) is 2. The molecule has 1 aliphatic carbocycles. The first-order valence-corrected chi connectivity index (χ1v) is 16.8. The second-order valence-electron chi connectivity index (χ2n) is 12.6. The van der Waals surface area contributed by atoms with Crippen molar-refractivity contribution in [1.29, 1.82) is 0 Å². The van der Waals surface area contributed by atoms with Gasteiger partial charge >= 0.3 is 12.4 Å². The fraction of sp³-hybridized carbons (Fsp3) is 0.333. The number of hydrogen-bond acceptors (Lipinski definition) is 4. The van der Waals surface area contributed by atoms with Crippen LogP contribution in [0.1, 0.15) is 65.6 Å². The molecule has 0 saturated carbocycles. The van der Waals surface area contributed by atoms with Crippen LogP contribution in [0.25, 0.3) is 22.3 Å². The molecule has 0 heterocycles. The molecule has 0 bridgehead atoms. The summed E-state index contributed by atoms with van der Waals surface area (Å²) >= 11 is 0. The summed E-state index contributed by atoms with van der Waals surface area (Å²) in [7, 11) is 0. The smallest absolute Gasteiger partial charge is 0.377 e. The van der Waals surface area contributed by atoms with Crippen molar-refractivity contribution in [2.45, 2.75) is 62.5 Å². The third-order valence-electron chi connectivity index (χ3n) is 9.20. The van der Waals surface area contributed by atoms with Gasteiger partial charge in [0, 0.05) is 25.1 Å². The predicted octanol–water partition coefficient (Wildman–Crippen LogP) is 8.00. The minimum absolute atomic E-state index is 0.161. The molecule has 270 valence electrons. The van der Waals surface area contributed by atoms with E-state index >= 15 is 0 Å². The highest BCUT2D eigenvalue weighted by Gasteiger charge is 2.48. The zero-order valence-electron chi connectivity index (χ0n) is 27.7. The lowest BCUT2D eigenvalue weighted by molar-refractivity contribution is -0.137. The molecule has 4 aromatic rings. The van der Waals surface area contributed by atoms with Crippen LogP contribution in [0, 0.1) is 0 Å². The minimum Gasteiger partial charge on any atom is -0.377 e. The van der Waals surface area contributed by atoms with Crippen molar-refractivity contribution < 1.29 is 41.0 Å². The van der Waals surface area contributed by atoms with Crippen LogP contribution in [0.4, 0.5) is 26.3 Å². The zero-order chi connectivity index (χ0) is 36.6. The molecule has 2 amide bonds. The Kier molecular flexibility index (Phi) is 11.9. The number of hydrogen-bond donors (Lipinski definition) is 4. The number of fused-ring (bicyclic) bond motifs is 3. The van der Waals surface area contributed by atoms with Gasteiger partial charge in [0.25, 0.3) is 5.91 Å². The normalized spacial score (nSPS) is 14.0. The Bertz CT molecular complexity index is 1760. The van der Waals surface area contributed by atoms with Crippen molar-refractivity contribution in [3.05, 3.63) is 119 Å². The Hall–Kier alpha value is -4.68. The van der Waals surface area contributed by atoms with E-state index in [4.69, 9.17) is 0 Å². The van der Waals surface area contributed by atoms with Gasteiger partial charge in [-0.25, -0.2) is 0 Å². The van der Waals surface area contributed by atoms with Gasteiger partial charge in [0.15, 0.2) is 0 Å². The van der Waals surface area contributed by atoms with Gasteiger partial charge in [-0.2, -0.15) is 26.3 Å². The molecule has 1 atom stereocenters. The number of benzene rings is 4. The van der Waals surface area contributed by atoms with Crippen LogP contribution in [0.2, 0.25) is 0 Å². The highest BCUT2D eigenvalue weighted by Crippen LogP contribution is 2.53. The lowest BCUT2D eigenvalue weighted by atomic mass is 9.72. The monoisotopic (exact) mass is 711 g/mol. The topological polar surface area (TPSA) is 90.5 Å². The van der Waals surface area contributed by atoms with E-state index in [0.717, 1.165) is 34.4 Å². The van der Waals surface area contributed by atoms with Crippen LogP contribution in [-0.4, -0.2) is 49.0 Å². The average Bonchev–Trinajstić information content (AvgIpc) is 3.40. The Labute approximate surface area is 292 Å². The Morgan fingerprint density at radius 2 is 1.24 bits per heavy atom. The summed E-state index contributed by atoms with van der Waals surface area (Å²) in [5.74, 6) is -0.605. The van der Waals surface area contributed by atoms with Crippen molar-refractivity contribution in [2.24, 2.45) is 0 Å². The Morgan fingerprint density at radius 3 is 1.84 bits per heavy atom. The molecule has 4 N–H and O–H groups in total. The van der Waals surface area contributed by atoms with Crippen LogP contribution in [0.5, 0.6) is 0 Å². The molecule has 12 heteroatoms. The minimum atomic E-state index is -4.49. The molecule has 0 fully saturated rings. The number of alkyl halides is 6. The number of carbonyl (C=O) groups excluding carboxylic acids is 2. The second kappa shape index (κ2) is 16.1. The first-order chi connectivity index (χ1) is 24.3. The van der Waals surface area contributed by atoms with Gasteiger partial charge < -0.3 is 15.7 Å². The maximum Gasteiger partial charge on any atom is 0.416 e. The highest BCUT2D eigenvalue weighted by atomic mass is 19.4. The summed E-state index contributed by atoms with van der Waals surface area (Å²) in [6, 6.07) is 26.1. The molecule has 4 aromatic carbocycles. The molecule has 0 radical (unpaired) electrons. The van der Waals surface area contributed by atoms with E-state index in [2.05, 4.69) is 16.0 Å². The summed E-state index contributed by atoms with van der Waals surface area (Å²) in [6.45, 7) is -0.726. The number of halogens is 6. The fourth-order valence-electron chi connectivity index (χ4n) is 6.79. The van der Waals surface area contributed by atoms with Gasteiger partial charge in [-0.15, -0.1) is 0 Å². The van der Waals surface area contributed by atoms with E-state index in [1.807, 2.05) is 48.5 Å². The number of aliphatic hydroxyl groups excluding tert-OH is 1. The molecular weight excluding hydrogens is 672 g/mol. The quantitative estimate of drug-likeness (QED) is 0.0572. The standard InChI is InChI=1S/C39H39F6N3O3/c40-38(41,42)25-48-36(51)37(32-15-6-4-12-29(32)30-13-5-7-16-33(30)37)22-8-1-9-23-46-34(49)17-10-24-47-35(50)31-14-3-2-11-28(31)26-18-20-27(21-19-26)39(43,44)45/h2-7,11-16,18-21,36,48,51H,1,8-10,17,22-25H2,(H,46,49)(H,47,50)/t36-/m1/s1. The molecule has 0 aromatic heterocycles. The SMILES string of the molecule is O=C(CCCNC(=O)c1ccccc1-c1ccc(C(F)(F)F)cc1)NCCCCCC1([C@@H](O)NCC(F)(F)F)c2ccccc2-c2ccccc21. The molecule has 0 saturated heterocycles. The van der Waals surface area contributed by atoms with Crippen molar-refractivity contribution in [2.75, 3.05) is 19.6 Å². The lowest BCUT2D eigenvalue weighted by Crippen LogP contribution is -2.50. The molecule has 1 aliphatic rings. The van der Waals surface area contributed by atoms with E-state index in [9.17, 15) is 41.0 Å². The lowest BCUT2D eigenvalue weighted by Gasteiger charge is -2.37. The molecule has 0 unspecified atom stereocenters. The molecule has 5 rings (SSSR count). The second-order valence-corrected chi connectivity index (χ2v) is 12.6. The van der Waals surface area contributed by atoms with Gasteiger partial charge in [-0.05, 0) is 70.8 Å². The zero-order valence-corrected chi connectivity index (χ0v) is 27.7. The van der Waals surface area contributed by atoms with Crippen molar-refractivity contribution in [1.82, 2.24) is 16.0 Å². The summed E-state index contributed by atoms with van der Waals surface area (Å²) in [4.78, 5) is 25.4. The predicted molar refractivity (Wildman–Crippen MR) is 183 cm³/mol. The third kappa shape index (κ3) is 8.98. The maximum absolute atomic E-state index is 13.1. The van der Waals surface area contributed by atoms with E-state index in [1.165, 1.54) is 12.1 Å². The van der Waals surface area contributed by atoms with Crippen LogP contribution in [0.15, 0.2) is 97.1 Å². The Morgan fingerprint density at radius 1 is 0.667 bits per heavy atom. The van der Waals surface area contributed by atoms with Crippen LogP contribution >= 0.6 is 0 Å². The van der Waals surface area contributed by atoms with Gasteiger partial charge in [0.2, 0.25) is 5.91 Å². The van der Waals surface area contributed by atoms with E-state index in [0.29, 0.717) is 55.3 Å². The summed E-state index contributed by atoms with van der Waals surface area (Å²) in [6.07, 6.45) is -7.66. The van der Waals surface area contributed by atoms with Gasteiger partial charge in [0.05, 0.1) is 17.5 Å². The molecule has 51 heavy (non-hydrogen) atoms. The highest BCUT2D eigenvalue weighted by molar-refractivity contribution is 6.00. The third-order valence-corrected chi connectivity index (χ3v) is 9.20. The number of aliphatic hydroxyl groups is 1. The van der Waals surface area contributed by atoms with Crippen LogP contribution in [-0.2, 0) is 16.4 Å².